The molecule has 0 aliphatic carbocycles. The van der Waals surface area contributed by atoms with E-state index >= 15 is 0 Å². The number of ketones is 1. The molecule has 0 radical (unpaired) electrons. The van der Waals surface area contributed by atoms with Gasteiger partial charge in [-0.25, -0.2) is 4.39 Å². The molecule has 0 unspecified atom stereocenters. The van der Waals surface area contributed by atoms with E-state index in [2.05, 4.69) is 6.58 Å². The standard InChI is InChI=1S/C12H13FO/c1-8(2)6-12(14)11-7-10(13)5-4-9(11)3/h4-5,7H,1,6H2,2-3H3. The van der Waals surface area contributed by atoms with Crippen molar-refractivity contribution in [2.75, 3.05) is 0 Å². The van der Waals surface area contributed by atoms with Crippen LogP contribution < -0.4 is 0 Å². The van der Waals surface area contributed by atoms with Crippen molar-refractivity contribution in [2.24, 2.45) is 0 Å². The molecule has 14 heavy (non-hydrogen) atoms. The van der Waals surface area contributed by atoms with E-state index in [9.17, 15) is 9.18 Å². The largest absolute Gasteiger partial charge is 0.294 e. The molecule has 0 bridgehead atoms. The molecule has 0 saturated heterocycles. The number of halogens is 1. The predicted molar refractivity (Wildman–Crippen MR) is 54.9 cm³/mol. The van der Waals surface area contributed by atoms with Crippen molar-refractivity contribution < 1.29 is 9.18 Å². The van der Waals surface area contributed by atoms with Gasteiger partial charge in [0.1, 0.15) is 5.82 Å². The first-order chi connectivity index (χ1) is 6.50. The normalized spacial score (nSPS) is 9.93. The molecule has 0 atom stereocenters. The second-order valence-electron chi connectivity index (χ2n) is 3.52. The maximum absolute atomic E-state index is 12.9. The molecular formula is C12H13FO. The Balaban J connectivity index is 3.00. The molecule has 2 heteroatoms. The molecule has 1 rings (SSSR count). The van der Waals surface area contributed by atoms with Crippen LogP contribution in [0.5, 0.6) is 0 Å². The predicted octanol–water partition coefficient (Wildman–Crippen LogP) is 3.28. The number of rotatable bonds is 3. The van der Waals surface area contributed by atoms with Gasteiger partial charge in [-0.05, 0) is 31.5 Å². The van der Waals surface area contributed by atoms with Gasteiger partial charge < -0.3 is 0 Å². The number of benzene rings is 1. The third-order valence-corrected chi connectivity index (χ3v) is 1.96. The van der Waals surface area contributed by atoms with E-state index in [0.717, 1.165) is 11.1 Å². The molecular weight excluding hydrogens is 179 g/mol. The molecule has 1 nitrogen and oxygen atoms in total. The number of carbonyl (C=O) groups is 1. The Kier molecular flexibility index (Phi) is 3.18. The van der Waals surface area contributed by atoms with Crippen molar-refractivity contribution in [3.05, 3.63) is 47.3 Å². The Morgan fingerprint density at radius 1 is 1.50 bits per heavy atom. The Bertz CT molecular complexity index is 380. The zero-order chi connectivity index (χ0) is 10.7. The van der Waals surface area contributed by atoms with Gasteiger partial charge in [-0.3, -0.25) is 4.79 Å². The molecule has 1 aromatic rings. The average Bonchev–Trinajstić information content (AvgIpc) is 2.08. The molecule has 0 aromatic heterocycles. The summed E-state index contributed by atoms with van der Waals surface area (Å²) in [6.45, 7) is 7.24. The minimum Gasteiger partial charge on any atom is -0.294 e. The van der Waals surface area contributed by atoms with Gasteiger partial charge in [0, 0.05) is 12.0 Å². The lowest BCUT2D eigenvalue weighted by atomic mass is 10.0. The van der Waals surface area contributed by atoms with Crippen LogP contribution in [0.3, 0.4) is 0 Å². The fraction of sp³-hybridized carbons (Fsp3) is 0.250. The third kappa shape index (κ3) is 2.52. The van der Waals surface area contributed by atoms with Crippen LogP contribution in [0.4, 0.5) is 4.39 Å². The summed E-state index contributed by atoms with van der Waals surface area (Å²) in [5.41, 5.74) is 2.05. The van der Waals surface area contributed by atoms with Gasteiger partial charge in [0.15, 0.2) is 5.78 Å². The highest BCUT2D eigenvalue weighted by molar-refractivity contribution is 5.98. The van der Waals surface area contributed by atoms with E-state index < -0.39 is 0 Å². The first kappa shape index (κ1) is 10.6. The number of hydrogen-bond acceptors (Lipinski definition) is 1. The van der Waals surface area contributed by atoms with Crippen molar-refractivity contribution in [3.63, 3.8) is 0 Å². The monoisotopic (exact) mass is 192 g/mol. The van der Waals surface area contributed by atoms with Crippen LogP contribution in [-0.2, 0) is 0 Å². The van der Waals surface area contributed by atoms with Crippen molar-refractivity contribution in [1.29, 1.82) is 0 Å². The molecule has 1 aromatic carbocycles. The van der Waals surface area contributed by atoms with E-state index in [1.165, 1.54) is 12.1 Å². The highest BCUT2D eigenvalue weighted by atomic mass is 19.1. The topological polar surface area (TPSA) is 17.1 Å². The lowest BCUT2D eigenvalue weighted by molar-refractivity contribution is 0.0992. The van der Waals surface area contributed by atoms with Crippen molar-refractivity contribution in [2.45, 2.75) is 20.3 Å². The van der Waals surface area contributed by atoms with Gasteiger partial charge in [-0.2, -0.15) is 0 Å². The van der Waals surface area contributed by atoms with Gasteiger partial charge in [-0.1, -0.05) is 18.2 Å². The molecule has 74 valence electrons. The van der Waals surface area contributed by atoms with E-state index in [-0.39, 0.29) is 18.0 Å². The van der Waals surface area contributed by atoms with Gasteiger partial charge in [-0.15, -0.1) is 0 Å². The highest BCUT2D eigenvalue weighted by Crippen LogP contribution is 2.14. The van der Waals surface area contributed by atoms with E-state index in [1.54, 1.807) is 19.9 Å². The van der Waals surface area contributed by atoms with Crippen LogP contribution in [0.25, 0.3) is 0 Å². The summed E-state index contributed by atoms with van der Waals surface area (Å²) >= 11 is 0. The van der Waals surface area contributed by atoms with Crippen LogP contribution in [0.2, 0.25) is 0 Å². The SMILES string of the molecule is C=C(C)CC(=O)c1cc(F)ccc1C. The minimum atomic E-state index is -0.374. The number of Topliss-reactive ketones (excluding diaryl/α,β-unsaturated/α-hetero) is 1. The second kappa shape index (κ2) is 4.18. The zero-order valence-electron chi connectivity index (χ0n) is 8.43. The van der Waals surface area contributed by atoms with Crippen LogP contribution in [-0.4, -0.2) is 5.78 Å². The van der Waals surface area contributed by atoms with E-state index in [1.807, 2.05) is 0 Å². The van der Waals surface area contributed by atoms with Gasteiger partial charge in [0.2, 0.25) is 0 Å². The average molecular weight is 192 g/mol. The summed E-state index contributed by atoms with van der Waals surface area (Å²) in [5, 5.41) is 0. The lowest BCUT2D eigenvalue weighted by Crippen LogP contribution is -2.02. The zero-order valence-corrected chi connectivity index (χ0v) is 8.43. The fourth-order valence-corrected chi connectivity index (χ4v) is 1.26. The first-order valence-corrected chi connectivity index (χ1v) is 4.44. The summed E-state index contributed by atoms with van der Waals surface area (Å²) in [6.07, 6.45) is 0.282. The molecule has 0 amide bonds. The summed E-state index contributed by atoms with van der Waals surface area (Å²) in [6, 6.07) is 4.24. The number of aryl methyl sites for hydroxylation is 1. The third-order valence-electron chi connectivity index (χ3n) is 1.96. The summed E-state index contributed by atoms with van der Waals surface area (Å²) in [5.74, 6) is -0.449. The Morgan fingerprint density at radius 3 is 2.71 bits per heavy atom. The summed E-state index contributed by atoms with van der Waals surface area (Å²) in [4.78, 5) is 11.6. The van der Waals surface area contributed by atoms with Crippen molar-refractivity contribution in [3.8, 4) is 0 Å². The summed E-state index contributed by atoms with van der Waals surface area (Å²) in [7, 11) is 0. The second-order valence-corrected chi connectivity index (χ2v) is 3.52. The number of hydrogen-bond donors (Lipinski definition) is 0. The van der Waals surface area contributed by atoms with Crippen LogP contribution in [0.15, 0.2) is 30.4 Å². The van der Waals surface area contributed by atoms with E-state index in [4.69, 9.17) is 0 Å². The quantitative estimate of drug-likeness (QED) is 0.530. The molecule has 0 aliphatic rings. The minimum absolute atomic E-state index is 0.0745. The number of allylic oxidation sites excluding steroid dienone is 1. The van der Waals surface area contributed by atoms with Gasteiger partial charge >= 0.3 is 0 Å². The fourth-order valence-electron chi connectivity index (χ4n) is 1.26. The smallest absolute Gasteiger partial charge is 0.167 e. The molecule has 0 heterocycles. The van der Waals surface area contributed by atoms with E-state index in [0.29, 0.717) is 5.56 Å². The molecule has 0 N–H and O–H groups in total. The van der Waals surface area contributed by atoms with Gasteiger partial charge in [0.05, 0.1) is 0 Å². The van der Waals surface area contributed by atoms with Crippen molar-refractivity contribution in [1.82, 2.24) is 0 Å². The maximum Gasteiger partial charge on any atom is 0.167 e. The lowest BCUT2D eigenvalue weighted by Gasteiger charge is -2.04. The first-order valence-electron chi connectivity index (χ1n) is 4.44. The molecule has 0 spiro atoms. The Labute approximate surface area is 83.3 Å². The number of carbonyl (C=O) groups excluding carboxylic acids is 1. The molecule has 0 aliphatic heterocycles. The van der Waals surface area contributed by atoms with Gasteiger partial charge in [0.25, 0.3) is 0 Å². The molecule has 0 saturated carbocycles. The van der Waals surface area contributed by atoms with Crippen LogP contribution in [0, 0.1) is 12.7 Å². The highest BCUT2D eigenvalue weighted by Gasteiger charge is 2.09. The Morgan fingerprint density at radius 2 is 2.14 bits per heavy atom. The Hall–Kier alpha value is -1.44. The van der Waals surface area contributed by atoms with Crippen molar-refractivity contribution >= 4 is 5.78 Å². The summed E-state index contributed by atoms with van der Waals surface area (Å²) < 4.78 is 12.9. The maximum atomic E-state index is 12.9. The molecule has 0 fully saturated rings. The van der Waals surface area contributed by atoms with Crippen LogP contribution in [0.1, 0.15) is 29.3 Å². The van der Waals surface area contributed by atoms with Crippen LogP contribution >= 0.6 is 0 Å².